The predicted octanol–water partition coefficient (Wildman–Crippen LogP) is -2.19. The van der Waals surface area contributed by atoms with Crippen LogP contribution in [0.2, 0.25) is 0 Å². The van der Waals surface area contributed by atoms with E-state index < -0.39 is 48.4 Å². The molecule has 0 aliphatic carbocycles. The van der Waals surface area contributed by atoms with E-state index in [0.717, 1.165) is 0 Å². The molecular formula is C10H15NO7. The van der Waals surface area contributed by atoms with Crippen LogP contribution in [-0.4, -0.2) is 63.9 Å². The molecule has 2 aliphatic heterocycles. The zero-order valence-electron chi connectivity index (χ0n) is 9.70. The highest BCUT2D eigenvalue weighted by molar-refractivity contribution is 5.73. The van der Waals surface area contributed by atoms with E-state index in [1.165, 1.54) is 6.92 Å². The van der Waals surface area contributed by atoms with E-state index in [0.29, 0.717) is 0 Å². The van der Waals surface area contributed by atoms with Gasteiger partial charge in [0.25, 0.3) is 0 Å². The van der Waals surface area contributed by atoms with Crippen molar-refractivity contribution >= 4 is 11.9 Å². The predicted molar refractivity (Wildman–Crippen MR) is 55.4 cm³/mol. The van der Waals surface area contributed by atoms with Crippen LogP contribution in [0.1, 0.15) is 13.3 Å². The van der Waals surface area contributed by atoms with E-state index in [9.17, 15) is 19.8 Å². The number of fused-ring (bicyclic) bond motifs is 2. The summed E-state index contributed by atoms with van der Waals surface area (Å²) >= 11 is 0. The quantitative estimate of drug-likeness (QED) is 0.455. The molecule has 2 saturated heterocycles. The van der Waals surface area contributed by atoms with Gasteiger partial charge in [-0.3, -0.25) is 9.59 Å². The number of carboxylic acid groups (broad SMARTS) is 1. The van der Waals surface area contributed by atoms with Crippen molar-refractivity contribution in [1.29, 1.82) is 0 Å². The van der Waals surface area contributed by atoms with E-state index in [-0.39, 0.29) is 6.61 Å². The fraction of sp³-hybridized carbons (Fsp3) is 0.800. The second-order valence-electron chi connectivity index (χ2n) is 4.59. The number of carboxylic acids is 1. The number of carbonyl (C=O) groups excluding carboxylic acids is 1. The summed E-state index contributed by atoms with van der Waals surface area (Å²) < 4.78 is 10.6. The summed E-state index contributed by atoms with van der Waals surface area (Å²) in [7, 11) is 0. The second-order valence-corrected chi connectivity index (χ2v) is 4.59. The van der Waals surface area contributed by atoms with Crippen LogP contribution in [0, 0.1) is 0 Å². The molecule has 0 saturated carbocycles. The first-order chi connectivity index (χ1) is 8.35. The Bertz CT molecular complexity index is 373. The van der Waals surface area contributed by atoms with Crippen LogP contribution in [0.15, 0.2) is 0 Å². The topological polar surface area (TPSA) is 125 Å². The molecule has 0 aromatic heterocycles. The molecule has 18 heavy (non-hydrogen) atoms. The van der Waals surface area contributed by atoms with Gasteiger partial charge in [-0.1, -0.05) is 0 Å². The normalized spacial score (nSPS) is 42.6. The zero-order valence-corrected chi connectivity index (χ0v) is 9.70. The van der Waals surface area contributed by atoms with Gasteiger partial charge in [-0.2, -0.15) is 0 Å². The SMILES string of the molecule is CC(=O)NC1C2OCC(CC(=O)O)(O2)C(O)C1O. The first kappa shape index (κ1) is 13.2. The van der Waals surface area contributed by atoms with E-state index in [1.807, 2.05) is 0 Å². The third kappa shape index (κ3) is 2.07. The fourth-order valence-corrected chi connectivity index (χ4v) is 2.36. The average molecular weight is 261 g/mol. The summed E-state index contributed by atoms with van der Waals surface area (Å²) in [6.45, 7) is 1.12. The Balaban J connectivity index is 2.19. The molecule has 2 aliphatic rings. The molecule has 4 N–H and O–H groups in total. The van der Waals surface area contributed by atoms with Gasteiger partial charge in [0, 0.05) is 6.92 Å². The number of ether oxygens (including phenoxy) is 2. The largest absolute Gasteiger partial charge is 0.481 e. The Morgan fingerprint density at radius 2 is 2.11 bits per heavy atom. The zero-order chi connectivity index (χ0) is 13.5. The molecule has 1 amide bonds. The molecule has 2 heterocycles. The third-order valence-electron chi connectivity index (χ3n) is 3.19. The van der Waals surface area contributed by atoms with Crippen molar-refractivity contribution in [3.8, 4) is 0 Å². The monoisotopic (exact) mass is 261 g/mol. The highest BCUT2D eigenvalue weighted by atomic mass is 16.7. The first-order valence-electron chi connectivity index (χ1n) is 5.50. The Labute approximate surface area is 102 Å². The highest BCUT2D eigenvalue weighted by Crippen LogP contribution is 2.39. The number of rotatable bonds is 3. The second kappa shape index (κ2) is 4.47. The molecular weight excluding hydrogens is 246 g/mol. The molecule has 0 radical (unpaired) electrons. The van der Waals surface area contributed by atoms with Crippen LogP contribution in [0.5, 0.6) is 0 Å². The maximum absolute atomic E-state index is 11.0. The van der Waals surface area contributed by atoms with Crippen molar-refractivity contribution in [2.75, 3.05) is 6.61 Å². The molecule has 0 spiro atoms. The maximum Gasteiger partial charge on any atom is 0.306 e. The molecule has 2 fully saturated rings. The smallest absolute Gasteiger partial charge is 0.306 e. The Hall–Kier alpha value is -1.22. The molecule has 0 aromatic rings. The van der Waals surface area contributed by atoms with Crippen LogP contribution in [0.3, 0.4) is 0 Å². The van der Waals surface area contributed by atoms with E-state index in [4.69, 9.17) is 14.6 Å². The Morgan fingerprint density at radius 3 is 2.67 bits per heavy atom. The number of hydrogen-bond acceptors (Lipinski definition) is 6. The molecule has 2 rings (SSSR count). The van der Waals surface area contributed by atoms with Gasteiger partial charge < -0.3 is 30.1 Å². The third-order valence-corrected chi connectivity index (χ3v) is 3.19. The number of nitrogens with one attached hydrogen (secondary N) is 1. The lowest BCUT2D eigenvalue weighted by atomic mass is 9.85. The van der Waals surface area contributed by atoms with Crippen LogP contribution in [0.25, 0.3) is 0 Å². The lowest BCUT2D eigenvalue weighted by Crippen LogP contribution is -2.65. The fourth-order valence-electron chi connectivity index (χ4n) is 2.36. The van der Waals surface area contributed by atoms with Crippen LogP contribution in [0.4, 0.5) is 0 Å². The summed E-state index contributed by atoms with van der Waals surface area (Å²) in [5, 5.41) is 31.1. The maximum atomic E-state index is 11.0. The van der Waals surface area contributed by atoms with Crippen molar-refractivity contribution < 1.29 is 34.4 Å². The van der Waals surface area contributed by atoms with Gasteiger partial charge >= 0.3 is 5.97 Å². The number of amides is 1. The minimum Gasteiger partial charge on any atom is -0.481 e. The van der Waals surface area contributed by atoms with Crippen molar-refractivity contribution in [3.63, 3.8) is 0 Å². The molecule has 8 heteroatoms. The lowest BCUT2D eigenvalue weighted by Gasteiger charge is -2.42. The summed E-state index contributed by atoms with van der Waals surface area (Å²) in [5.74, 6) is -1.57. The average Bonchev–Trinajstić information content (AvgIpc) is 2.64. The summed E-state index contributed by atoms with van der Waals surface area (Å²) in [4.78, 5) is 21.8. The summed E-state index contributed by atoms with van der Waals surface area (Å²) in [6.07, 6.45) is -4.21. The van der Waals surface area contributed by atoms with Crippen LogP contribution >= 0.6 is 0 Å². The Morgan fingerprint density at radius 1 is 1.44 bits per heavy atom. The van der Waals surface area contributed by atoms with Gasteiger partial charge in [-0.05, 0) is 0 Å². The lowest BCUT2D eigenvalue weighted by molar-refractivity contribution is -0.227. The summed E-state index contributed by atoms with van der Waals surface area (Å²) in [5.41, 5.74) is -1.45. The molecule has 8 nitrogen and oxygen atoms in total. The van der Waals surface area contributed by atoms with Gasteiger partial charge in [-0.15, -0.1) is 0 Å². The number of hydrogen-bond donors (Lipinski definition) is 4. The summed E-state index contributed by atoms with van der Waals surface area (Å²) in [6, 6.07) is -0.915. The highest BCUT2D eigenvalue weighted by Gasteiger charge is 2.60. The molecule has 2 bridgehead atoms. The number of carbonyl (C=O) groups is 2. The number of aliphatic hydroxyl groups excluding tert-OH is 2. The minimum atomic E-state index is -1.45. The van der Waals surface area contributed by atoms with E-state index >= 15 is 0 Å². The van der Waals surface area contributed by atoms with Gasteiger partial charge in [0.05, 0.1) is 13.0 Å². The van der Waals surface area contributed by atoms with Crippen molar-refractivity contribution in [1.82, 2.24) is 5.32 Å². The first-order valence-corrected chi connectivity index (χ1v) is 5.50. The Kier molecular flexibility index (Phi) is 3.28. The molecule has 5 atom stereocenters. The van der Waals surface area contributed by atoms with Crippen LogP contribution in [-0.2, 0) is 19.1 Å². The number of aliphatic hydroxyl groups is 2. The molecule has 0 aromatic carbocycles. The number of aliphatic carboxylic acids is 1. The standard InChI is InChI=1S/C10H15NO7/c1-4(12)11-6-7(15)8(16)10(2-5(13)14)3-17-9(6)18-10/h6-9,15-16H,2-3H2,1H3,(H,11,12)(H,13,14). The van der Waals surface area contributed by atoms with E-state index in [1.54, 1.807) is 0 Å². The van der Waals surface area contributed by atoms with Gasteiger partial charge in [0.15, 0.2) is 6.29 Å². The van der Waals surface area contributed by atoms with Crippen molar-refractivity contribution in [2.24, 2.45) is 0 Å². The van der Waals surface area contributed by atoms with Crippen molar-refractivity contribution in [3.05, 3.63) is 0 Å². The molecule has 102 valence electrons. The van der Waals surface area contributed by atoms with Crippen molar-refractivity contribution in [2.45, 2.75) is 43.5 Å². The van der Waals surface area contributed by atoms with Gasteiger partial charge in [-0.25, -0.2) is 0 Å². The van der Waals surface area contributed by atoms with Gasteiger partial charge in [0.2, 0.25) is 5.91 Å². The minimum absolute atomic E-state index is 0.141. The van der Waals surface area contributed by atoms with E-state index in [2.05, 4.69) is 5.32 Å². The van der Waals surface area contributed by atoms with Crippen LogP contribution < -0.4 is 5.32 Å². The molecule has 5 unspecified atom stereocenters. The van der Waals surface area contributed by atoms with Gasteiger partial charge in [0.1, 0.15) is 23.9 Å².